The molecule has 0 atom stereocenters. The van der Waals surface area contributed by atoms with Crippen molar-refractivity contribution in [2.75, 3.05) is 0 Å². The zero-order valence-electron chi connectivity index (χ0n) is 33.9. The van der Waals surface area contributed by atoms with Crippen LogP contribution in [0.15, 0.2) is 221 Å². The van der Waals surface area contributed by atoms with Crippen molar-refractivity contribution in [3.63, 3.8) is 0 Å². The Labute approximate surface area is 361 Å². The highest BCUT2D eigenvalue weighted by Crippen LogP contribution is 2.42. The maximum absolute atomic E-state index is 6.64. The third-order valence-corrected chi connectivity index (χ3v) is 12.4. The quantitative estimate of drug-likeness (QED) is 0.168. The number of nitrogens with zero attached hydrogens (tertiary/aromatic N) is 3. The fraction of sp³-hybridized carbons (Fsp3) is 0. The molecule has 0 aliphatic heterocycles. The Bertz CT molecular complexity index is 3740. The van der Waals surface area contributed by atoms with Crippen LogP contribution in [0.3, 0.4) is 0 Å². The van der Waals surface area contributed by atoms with E-state index < -0.39 is 0 Å². The van der Waals surface area contributed by atoms with Crippen molar-refractivity contribution in [1.29, 1.82) is 0 Å². The molecule has 0 saturated carbocycles. The fourth-order valence-corrected chi connectivity index (χ4v) is 9.50. The van der Waals surface area contributed by atoms with Crippen LogP contribution in [0.1, 0.15) is 0 Å². The summed E-state index contributed by atoms with van der Waals surface area (Å²) in [7, 11) is 0. The van der Waals surface area contributed by atoms with Crippen LogP contribution in [0.2, 0.25) is 0 Å². The summed E-state index contributed by atoms with van der Waals surface area (Å²) in [5.41, 5.74) is 15.3. The van der Waals surface area contributed by atoms with Crippen molar-refractivity contribution in [3.8, 4) is 61.8 Å². The summed E-state index contributed by atoms with van der Waals surface area (Å²) in [6, 6.07) is 74.3. The number of benzene rings is 9. The number of rotatable bonds is 6. The van der Waals surface area contributed by atoms with E-state index in [0.717, 1.165) is 111 Å². The summed E-state index contributed by atoms with van der Waals surface area (Å²) in [6.07, 6.45) is 0. The molecule has 0 spiro atoms. The Hall–Kier alpha value is -8.54. The van der Waals surface area contributed by atoms with Gasteiger partial charge in [0.25, 0.3) is 0 Å². The average molecular weight is 806 g/mol. The monoisotopic (exact) mass is 805 g/mol. The normalized spacial score (nSPS) is 11.8. The second kappa shape index (κ2) is 14.0. The second-order valence-corrected chi connectivity index (χ2v) is 16.1. The summed E-state index contributed by atoms with van der Waals surface area (Å²) in [5.74, 6) is 0.639. The number of hydrogen-bond donors (Lipinski definition) is 0. The van der Waals surface area contributed by atoms with Crippen LogP contribution in [0, 0.1) is 0 Å². The molecule has 0 N–H and O–H groups in total. The maximum atomic E-state index is 6.64. The molecule has 63 heavy (non-hydrogen) atoms. The van der Waals surface area contributed by atoms with Crippen LogP contribution in [0.4, 0.5) is 0 Å². The van der Waals surface area contributed by atoms with Crippen molar-refractivity contribution in [2.24, 2.45) is 0 Å². The molecule has 0 fully saturated rings. The second-order valence-electron chi connectivity index (χ2n) is 16.1. The Morgan fingerprint density at radius 1 is 0.317 bits per heavy atom. The molecule has 13 aromatic rings. The van der Waals surface area contributed by atoms with E-state index in [1.165, 1.54) is 10.8 Å². The van der Waals surface area contributed by atoms with E-state index in [-0.39, 0.29) is 0 Å². The van der Waals surface area contributed by atoms with Gasteiger partial charge in [-0.2, -0.15) is 0 Å². The minimum atomic E-state index is 0.639. The first-order valence-electron chi connectivity index (χ1n) is 21.2. The number of aromatic nitrogens is 3. The van der Waals surface area contributed by atoms with Gasteiger partial charge in [-0.15, -0.1) is 0 Å². The molecule has 0 saturated heterocycles. The van der Waals surface area contributed by atoms with Gasteiger partial charge in [0.05, 0.1) is 22.4 Å². The molecule has 294 valence electrons. The van der Waals surface area contributed by atoms with Gasteiger partial charge in [0.15, 0.2) is 5.82 Å². The van der Waals surface area contributed by atoms with Crippen LogP contribution < -0.4 is 0 Å². The lowest BCUT2D eigenvalue weighted by atomic mass is 9.93. The van der Waals surface area contributed by atoms with Gasteiger partial charge in [0, 0.05) is 65.8 Å². The summed E-state index contributed by atoms with van der Waals surface area (Å²) in [6.45, 7) is 0. The number of para-hydroxylation sites is 6. The lowest BCUT2D eigenvalue weighted by Gasteiger charge is -2.14. The molecular weight excluding hydrogens is 771 g/mol. The summed E-state index contributed by atoms with van der Waals surface area (Å²) in [4.78, 5) is 10.7. The standard InChI is InChI=1S/C58H35N3O2/c1-2-15-36(16-3-1)50-35-51(60-58(59-50)37-17-12-18-41(34-37)61-52-27-8-4-19-44(52)45-20-5-9-28-53(45)61)40-32-38(42-23-13-25-48-46-21-6-10-29-54(46)62-56(42)48)31-39(33-40)43-24-14-26-49-47-22-7-11-30-55(47)63-57(43)49/h1-35H. The molecule has 0 unspecified atom stereocenters. The van der Waals surface area contributed by atoms with Gasteiger partial charge in [0.1, 0.15) is 22.3 Å². The molecule has 0 aliphatic carbocycles. The third-order valence-electron chi connectivity index (χ3n) is 12.4. The van der Waals surface area contributed by atoms with Crippen molar-refractivity contribution in [3.05, 3.63) is 212 Å². The van der Waals surface area contributed by atoms with Gasteiger partial charge < -0.3 is 13.4 Å². The summed E-state index contributed by atoms with van der Waals surface area (Å²) < 4.78 is 15.6. The van der Waals surface area contributed by atoms with Gasteiger partial charge in [-0.25, -0.2) is 9.97 Å². The summed E-state index contributed by atoms with van der Waals surface area (Å²) in [5, 5.41) is 6.77. The number of fused-ring (bicyclic) bond motifs is 9. The Kier molecular flexibility index (Phi) is 7.84. The van der Waals surface area contributed by atoms with E-state index in [2.05, 4.69) is 187 Å². The van der Waals surface area contributed by atoms with Crippen LogP contribution in [-0.4, -0.2) is 14.5 Å². The molecule has 13 rings (SSSR count). The van der Waals surface area contributed by atoms with Crippen LogP contribution in [0.5, 0.6) is 0 Å². The molecule has 0 radical (unpaired) electrons. The predicted octanol–water partition coefficient (Wildman–Crippen LogP) is 15.7. The van der Waals surface area contributed by atoms with Crippen LogP contribution >= 0.6 is 0 Å². The minimum Gasteiger partial charge on any atom is -0.455 e. The van der Waals surface area contributed by atoms with Gasteiger partial charge in [-0.1, -0.05) is 152 Å². The van der Waals surface area contributed by atoms with Crippen LogP contribution in [-0.2, 0) is 0 Å². The molecular formula is C58H35N3O2. The minimum absolute atomic E-state index is 0.639. The van der Waals surface area contributed by atoms with E-state index in [9.17, 15) is 0 Å². The lowest BCUT2D eigenvalue weighted by molar-refractivity contribution is 0.670. The molecule has 0 aliphatic rings. The van der Waals surface area contributed by atoms with E-state index in [4.69, 9.17) is 18.8 Å². The van der Waals surface area contributed by atoms with Crippen molar-refractivity contribution in [2.45, 2.75) is 0 Å². The number of hydrogen-bond acceptors (Lipinski definition) is 4. The first-order valence-corrected chi connectivity index (χ1v) is 21.2. The average Bonchev–Trinajstić information content (AvgIpc) is 4.04. The summed E-state index contributed by atoms with van der Waals surface area (Å²) >= 11 is 0. The maximum Gasteiger partial charge on any atom is 0.160 e. The van der Waals surface area contributed by atoms with Crippen molar-refractivity contribution in [1.82, 2.24) is 14.5 Å². The van der Waals surface area contributed by atoms with Gasteiger partial charge in [-0.3, -0.25) is 0 Å². The highest BCUT2D eigenvalue weighted by Gasteiger charge is 2.20. The van der Waals surface area contributed by atoms with Crippen LogP contribution in [0.25, 0.3) is 128 Å². The zero-order chi connectivity index (χ0) is 41.4. The Morgan fingerprint density at radius 2 is 0.778 bits per heavy atom. The molecule has 5 heteroatoms. The predicted molar refractivity (Wildman–Crippen MR) is 258 cm³/mol. The van der Waals surface area contributed by atoms with E-state index >= 15 is 0 Å². The first kappa shape index (κ1) is 35.2. The van der Waals surface area contributed by atoms with Gasteiger partial charge >= 0.3 is 0 Å². The Balaban J connectivity index is 1.05. The van der Waals surface area contributed by atoms with E-state index in [1.54, 1.807) is 0 Å². The molecule has 4 heterocycles. The van der Waals surface area contributed by atoms with E-state index in [0.29, 0.717) is 5.82 Å². The molecule has 0 bridgehead atoms. The fourth-order valence-electron chi connectivity index (χ4n) is 9.50. The van der Waals surface area contributed by atoms with Gasteiger partial charge in [0.2, 0.25) is 0 Å². The molecule has 5 nitrogen and oxygen atoms in total. The zero-order valence-corrected chi connectivity index (χ0v) is 33.9. The Morgan fingerprint density at radius 3 is 1.38 bits per heavy atom. The molecule has 9 aromatic carbocycles. The smallest absolute Gasteiger partial charge is 0.160 e. The molecule has 4 aromatic heterocycles. The number of furan rings is 2. The van der Waals surface area contributed by atoms with Crippen molar-refractivity contribution >= 4 is 65.7 Å². The lowest BCUT2D eigenvalue weighted by Crippen LogP contribution is -1.98. The highest BCUT2D eigenvalue weighted by molar-refractivity contribution is 6.12. The van der Waals surface area contributed by atoms with Gasteiger partial charge in [-0.05, 0) is 71.8 Å². The highest BCUT2D eigenvalue weighted by atomic mass is 16.3. The third kappa shape index (κ3) is 5.71. The first-order chi connectivity index (χ1) is 31.2. The van der Waals surface area contributed by atoms with Crippen molar-refractivity contribution < 1.29 is 8.83 Å². The SMILES string of the molecule is c1ccc(-c2cc(-c3cc(-c4cccc5c4oc4ccccc45)cc(-c4cccc5c4oc4ccccc45)c3)nc(-c3cccc(-n4c5ccccc5c5ccccc54)c3)n2)cc1. The molecule has 0 amide bonds. The van der Waals surface area contributed by atoms with E-state index in [1.807, 2.05) is 30.3 Å². The largest absolute Gasteiger partial charge is 0.455 e. The topological polar surface area (TPSA) is 57.0 Å².